The zero-order chi connectivity index (χ0) is 12.7. The molecule has 1 aliphatic rings. The fraction of sp³-hybridized carbons (Fsp3) is 1.00. The Labute approximate surface area is 106 Å². The Morgan fingerprint density at radius 2 is 2.18 bits per heavy atom. The molecule has 1 rings (SSSR count). The topological polar surface area (TPSA) is 41.5 Å². The van der Waals surface area contributed by atoms with Crippen LogP contribution in [0.15, 0.2) is 0 Å². The van der Waals surface area contributed by atoms with Gasteiger partial charge in [-0.1, -0.05) is 27.2 Å². The maximum absolute atomic E-state index is 8.97. The fourth-order valence-corrected chi connectivity index (χ4v) is 2.44. The van der Waals surface area contributed by atoms with E-state index in [1.807, 2.05) is 0 Å². The van der Waals surface area contributed by atoms with Gasteiger partial charge >= 0.3 is 0 Å². The van der Waals surface area contributed by atoms with Gasteiger partial charge in [-0.05, 0) is 37.6 Å². The van der Waals surface area contributed by atoms with Crippen LogP contribution < -0.4 is 5.32 Å². The molecule has 0 spiro atoms. The highest BCUT2D eigenvalue weighted by molar-refractivity contribution is 4.79. The second kappa shape index (κ2) is 8.06. The molecule has 1 fully saturated rings. The van der Waals surface area contributed by atoms with Crippen molar-refractivity contribution >= 4 is 0 Å². The predicted octanol–water partition coefficient (Wildman–Crippen LogP) is 2.19. The van der Waals surface area contributed by atoms with Crippen LogP contribution in [0.1, 0.15) is 46.5 Å². The average Bonchev–Trinajstić information content (AvgIpc) is 2.34. The van der Waals surface area contributed by atoms with E-state index in [0.717, 1.165) is 38.8 Å². The summed E-state index contributed by atoms with van der Waals surface area (Å²) < 4.78 is 5.77. The molecule has 0 aromatic carbocycles. The van der Waals surface area contributed by atoms with Crippen molar-refractivity contribution in [3.63, 3.8) is 0 Å². The number of aliphatic hydroxyl groups is 1. The summed E-state index contributed by atoms with van der Waals surface area (Å²) in [6, 6.07) is 0.601. The molecule has 0 radical (unpaired) electrons. The number of aliphatic hydroxyl groups excluding tert-OH is 1. The minimum atomic E-state index is 0.308. The summed E-state index contributed by atoms with van der Waals surface area (Å²) in [5, 5.41) is 12.6. The van der Waals surface area contributed by atoms with Crippen molar-refractivity contribution < 1.29 is 9.84 Å². The standard InChI is InChI=1S/C14H29NO2/c1-4-12(5-7-16)10-15-13-6-8-17-14(9-13)11(2)3/h11-16H,4-10H2,1-3H3. The van der Waals surface area contributed by atoms with Crippen LogP contribution in [0.4, 0.5) is 0 Å². The number of nitrogens with one attached hydrogen (secondary N) is 1. The van der Waals surface area contributed by atoms with Gasteiger partial charge in [-0.25, -0.2) is 0 Å². The van der Waals surface area contributed by atoms with Gasteiger partial charge in [0, 0.05) is 19.3 Å². The number of hydrogen-bond acceptors (Lipinski definition) is 3. The van der Waals surface area contributed by atoms with Crippen LogP contribution in [0.5, 0.6) is 0 Å². The number of rotatable bonds is 7. The highest BCUT2D eigenvalue weighted by Gasteiger charge is 2.24. The van der Waals surface area contributed by atoms with Gasteiger partial charge in [0.15, 0.2) is 0 Å². The van der Waals surface area contributed by atoms with Gasteiger partial charge in [-0.3, -0.25) is 0 Å². The van der Waals surface area contributed by atoms with E-state index in [0.29, 0.717) is 30.6 Å². The molecule has 1 saturated heterocycles. The van der Waals surface area contributed by atoms with Crippen LogP contribution >= 0.6 is 0 Å². The minimum absolute atomic E-state index is 0.308. The summed E-state index contributed by atoms with van der Waals surface area (Å²) in [6.07, 6.45) is 4.73. The van der Waals surface area contributed by atoms with Crippen LogP contribution in [0, 0.1) is 11.8 Å². The lowest BCUT2D eigenvalue weighted by atomic mass is 9.94. The monoisotopic (exact) mass is 243 g/mol. The first-order valence-electron chi connectivity index (χ1n) is 7.13. The second-order valence-electron chi connectivity index (χ2n) is 5.57. The first-order valence-corrected chi connectivity index (χ1v) is 7.13. The Balaban J connectivity index is 2.26. The maximum atomic E-state index is 8.97. The van der Waals surface area contributed by atoms with E-state index in [1.165, 1.54) is 0 Å². The highest BCUT2D eigenvalue weighted by atomic mass is 16.5. The third-order valence-corrected chi connectivity index (χ3v) is 3.87. The molecule has 0 saturated carbocycles. The van der Waals surface area contributed by atoms with E-state index in [-0.39, 0.29) is 0 Å². The minimum Gasteiger partial charge on any atom is -0.396 e. The molecule has 0 aromatic rings. The van der Waals surface area contributed by atoms with Crippen molar-refractivity contribution in [2.24, 2.45) is 11.8 Å². The molecule has 3 unspecified atom stereocenters. The van der Waals surface area contributed by atoms with Crippen LogP contribution in [0.2, 0.25) is 0 Å². The Hall–Kier alpha value is -0.120. The lowest BCUT2D eigenvalue weighted by Crippen LogP contribution is -2.42. The summed E-state index contributed by atoms with van der Waals surface area (Å²) in [5.41, 5.74) is 0. The van der Waals surface area contributed by atoms with E-state index in [2.05, 4.69) is 26.1 Å². The van der Waals surface area contributed by atoms with E-state index >= 15 is 0 Å². The quantitative estimate of drug-likeness (QED) is 0.720. The normalized spacial score (nSPS) is 27.4. The Morgan fingerprint density at radius 1 is 1.41 bits per heavy atom. The van der Waals surface area contributed by atoms with Gasteiger partial charge in [0.1, 0.15) is 0 Å². The second-order valence-corrected chi connectivity index (χ2v) is 5.57. The molecule has 3 heteroatoms. The molecule has 17 heavy (non-hydrogen) atoms. The zero-order valence-corrected chi connectivity index (χ0v) is 11.6. The van der Waals surface area contributed by atoms with E-state index < -0.39 is 0 Å². The molecule has 102 valence electrons. The van der Waals surface area contributed by atoms with Crippen LogP contribution in [-0.2, 0) is 4.74 Å². The zero-order valence-electron chi connectivity index (χ0n) is 11.6. The number of ether oxygens (including phenoxy) is 1. The third-order valence-electron chi connectivity index (χ3n) is 3.87. The van der Waals surface area contributed by atoms with Gasteiger partial charge in [-0.15, -0.1) is 0 Å². The summed E-state index contributed by atoms with van der Waals surface area (Å²) in [4.78, 5) is 0. The number of hydrogen-bond donors (Lipinski definition) is 2. The van der Waals surface area contributed by atoms with Crippen LogP contribution in [0.25, 0.3) is 0 Å². The van der Waals surface area contributed by atoms with Crippen molar-refractivity contribution in [1.29, 1.82) is 0 Å². The Bertz CT molecular complexity index is 197. The molecule has 0 amide bonds. The lowest BCUT2D eigenvalue weighted by molar-refractivity contribution is -0.0248. The summed E-state index contributed by atoms with van der Waals surface area (Å²) in [7, 11) is 0. The molecule has 2 N–H and O–H groups in total. The fourth-order valence-electron chi connectivity index (χ4n) is 2.44. The van der Waals surface area contributed by atoms with Gasteiger partial charge in [-0.2, -0.15) is 0 Å². The van der Waals surface area contributed by atoms with Gasteiger partial charge < -0.3 is 15.2 Å². The van der Waals surface area contributed by atoms with Crippen LogP contribution in [0.3, 0.4) is 0 Å². The molecule has 1 aliphatic heterocycles. The molecule has 0 bridgehead atoms. The molecule has 3 nitrogen and oxygen atoms in total. The van der Waals surface area contributed by atoms with Crippen molar-refractivity contribution in [3.05, 3.63) is 0 Å². The van der Waals surface area contributed by atoms with Gasteiger partial charge in [0.2, 0.25) is 0 Å². The Morgan fingerprint density at radius 3 is 2.76 bits per heavy atom. The smallest absolute Gasteiger partial charge is 0.0612 e. The largest absolute Gasteiger partial charge is 0.396 e. The lowest BCUT2D eigenvalue weighted by Gasteiger charge is -2.33. The van der Waals surface area contributed by atoms with Crippen molar-refractivity contribution in [1.82, 2.24) is 5.32 Å². The average molecular weight is 243 g/mol. The van der Waals surface area contributed by atoms with Crippen molar-refractivity contribution in [2.75, 3.05) is 19.8 Å². The molecular weight excluding hydrogens is 214 g/mol. The van der Waals surface area contributed by atoms with Gasteiger partial charge in [0.25, 0.3) is 0 Å². The molecule has 1 heterocycles. The first-order chi connectivity index (χ1) is 8.17. The summed E-state index contributed by atoms with van der Waals surface area (Å²) in [6.45, 7) is 8.89. The maximum Gasteiger partial charge on any atom is 0.0612 e. The first kappa shape index (κ1) is 14.9. The summed E-state index contributed by atoms with van der Waals surface area (Å²) >= 11 is 0. The highest BCUT2D eigenvalue weighted by Crippen LogP contribution is 2.20. The van der Waals surface area contributed by atoms with Crippen molar-refractivity contribution in [3.8, 4) is 0 Å². The third kappa shape index (κ3) is 5.36. The molecule has 0 aromatic heterocycles. The van der Waals surface area contributed by atoms with E-state index in [4.69, 9.17) is 9.84 Å². The SMILES string of the molecule is CCC(CCO)CNC1CCOC(C(C)C)C1. The molecule has 0 aliphatic carbocycles. The van der Waals surface area contributed by atoms with Crippen molar-refractivity contribution in [2.45, 2.75) is 58.6 Å². The van der Waals surface area contributed by atoms with Gasteiger partial charge in [0.05, 0.1) is 6.10 Å². The van der Waals surface area contributed by atoms with E-state index in [9.17, 15) is 0 Å². The Kier molecular flexibility index (Phi) is 7.09. The van der Waals surface area contributed by atoms with Crippen LogP contribution in [-0.4, -0.2) is 37.0 Å². The predicted molar refractivity (Wildman–Crippen MR) is 71.1 cm³/mol. The molecular formula is C14H29NO2. The van der Waals surface area contributed by atoms with E-state index in [1.54, 1.807) is 0 Å². The summed E-state index contributed by atoms with van der Waals surface area (Å²) in [5.74, 6) is 1.22. The molecule has 3 atom stereocenters.